The molecule has 2 rings (SSSR count). The molecule has 0 aromatic heterocycles. The largest absolute Gasteiger partial charge is 0.481 e. The Labute approximate surface area is 115 Å². The molecule has 2 unspecified atom stereocenters. The van der Waals surface area contributed by atoms with Crippen molar-refractivity contribution >= 4 is 21.9 Å². The van der Waals surface area contributed by atoms with E-state index in [0.717, 1.165) is 6.07 Å². The SMILES string of the molecule is O=C(O)C1CNCC1c1ccc(Br)c(C(F)(F)F)c1. The molecule has 1 heterocycles. The molecule has 1 aromatic rings. The maximum absolute atomic E-state index is 12.8. The summed E-state index contributed by atoms with van der Waals surface area (Å²) >= 11 is 2.87. The average Bonchev–Trinajstić information content (AvgIpc) is 2.77. The molecule has 2 N–H and O–H groups in total. The molecule has 0 aliphatic carbocycles. The highest BCUT2D eigenvalue weighted by atomic mass is 79.9. The van der Waals surface area contributed by atoms with E-state index < -0.39 is 29.5 Å². The lowest BCUT2D eigenvalue weighted by Gasteiger charge is -2.17. The summed E-state index contributed by atoms with van der Waals surface area (Å²) < 4.78 is 38.4. The summed E-state index contributed by atoms with van der Waals surface area (Å²) in [5.74, 6) is -2.12. The highest BCUT2D eigenvalue weighted by molar-refractivity contribution is 9.10. The minimum absolute atomic E-state index is 0.0402. The lowest BCUT2D eigenvalue weighted by molar-refractivity contribution is -0.141. The van der Waals surface area contributed by atoms with E-state index in [-0.39, 0.29) is 11.0 Å². The van der Waals surface area contributed by atoms with Gasteiger partial charge in [0.15, 0.2) is 0 Å². The quantitative estimate of drug-likeness (QED) is 0.872. The fourth-order valence-corrected chi connectivity index (χ4v) is 2.75. The summed E-state index contributed by atoms with van der Waals surface area (Å²) in [5, 5.41) is 12.0. The number of hydrogen-bond acceptors (Lipinski definition) is 2. The molecule has 7 heteroatoms. The number of nitrogens with one attached hydrogen (secondary N) is 1. The second-order valence-electron chi connectivity index (χ2n) is 4.45. The molecule has 0 spiro atoms. The third-order valence-corrected chi connectivity index (χ3v) is 3.95. The highest BCUT2D eigenvalue weighted by Gasteiger charge is 2.37. The van der Waals surface area contributed by atoms with Gasteiger partial charge in [0.1, 0.15) is 0 Å². The van der Waals surface area contributed by atoms with Crippen LogP contribution in [0.25, 0.3) is 0 Å². The van der Waals surface area contributed by atoms with Crippen molar-refractivity contribution in [2.75, 3.05) is 13.1 Å². The normalized spacial score (nSPS) is 23.6. The topological polar surface area (TPSA) is 49.3 Å². The molecule has 3 nitrogen and oxygen atoms in total. The van der Waals surface area contributed by atoms with Gasteiger partial charge in [-0.25, -0.2) is 0 Å². The zero-order valence-electron chi connectivity index (χ0n) is 9.67. The van der Waals surface area contributed by atoms with Crippen molar-refractivity contribution in [2.45, 2.75) is 12.1 Å². The average molecular weight is 338 g/mol. The number of hydrogen-bond donors (Lipinski definition) is 2. The number of alkyl halides is 3. The molecule has 1 fully saturated rings. The van der Waals surface area contributed by atoms with E-state index in [2.05, 4.69) is 21.2 Å². The van der Waals surface area contributed by atoms with Crippen molar-refractivity contribution in [3.63, 3.8) is 0 Å². The minimum Gasteiger partial charge on any atom is -0.481 e. The molecular formula is C12H11BrF3NO2. The number of benzene rings is 1. The van der Waals surface area contributed by atoms with Gasteiger partial charge in [0, 0.05) is 23.5 Å². The van der Waals surface area contributed by atoms with Crippen molar-refractivity contribution < 1.29 is 23.1 Å². The van der Waals surface area contributed by atoms with Crippen molar-refractivity contribution in [3.05, 3.63) is 33.8 Å². The summed E-state index contributed by atoms with van der Waals surface area (Å²) in [5.41, 5.74) is -0.381. The Morgan fingerprint density at radius 1 is 1.37 bits per heavy atom. The van der Waals surface area contributed by atoms with E-state index in [1.807, 2.05) is 0 Å². The van der Waals surface area contributed by atoms with E-state index in [0.29, 0.717) is 12.1 Å². The number of aliphatic carboxylic acids is 1. The Hall–Kier alpha value is -1.08. The first-order valence-corrected chi connectivity index (χ1v) is 6.40. The smallest absolute Gasteiger partial charge is 0.417 e. The predicted octanol–water partition coefficient (Wildman–Crippen LogP) is 2.86. The molecule has 2 atom stereocenters. The molecule has 104 valence electrons. The van der Waals surface area contributed by atoms with Gasteiger partial charge in [-0.2, -0.15) is 13.2 Å². The number of halogens is 4. The van der Waals surface area contributed by atoms with E-state index in [1.54, 1.807) is 0 Å². The van der Waals surface area contributed by atoms with Gasteiger partial charge in [-0.1, -0.05) is 22.0 Å². The van der Waals surface area contributed by atoms with Crippen molar-refractivity contribution in [3.8, 4) is 0 Å². The second kappa shape index (κ2) is 5.13. The fourth-order valence-electron chi connectivity index (χ4n) is 2.28. The van der Waals surface area contributed by atoms with Gasteiger partial charge in [0.25, 0.3) is 0 Å². The highest BCUT2D eigenvalue weighted by Crippen LogP contribution is 2.38. The third kappa shape index (κ3) is 2.92. The summed E-state index contributed by atoms with van der Waals surface area (Å²) in [6, 6.07) is 3.88. The molecule has 19 heavy (non-hydrogen) atoms. The van der Waals surface area contributed by atoms with Crippen LogP contribution in [0.5, 0.6) is 0 Å². The minimum atomic E-state index is -4.46. The number of rotatable bonds is 2. The summed E-state index contributed by atoms with van der Waals surface area (Å²) in [4.78, 5) is 11.1. The molecular weight excluding hydrogens is 327 g/mol. The molecule has 1 aliphatic heterocycles. The Bertz CT molecular complexity index is 504. The Morgan fingerprint density at radius 3 is 2.63 bits per heavy atom. The predicted molar refractivity (Wildman–Crippen MR) is 65.9 cm³/mol. The Kier molecular flexibility index (Phi) is 3.87. The van der Waals surface area contributed by atoms with Gasteiger partial charge in [0.05, 0.1) is 11.5 Å². The first kappa shape index (κ1) is 14.3. The lowest BCUT2D eigenvalue weighted by atomic mass is 9.88. The van der Waals surface area contributed by atoms with Crippen molar-refractivity contribution in [1.29, 1.82) is 0 Å². The van der Waals surface area contributed by atoms with Crippen LogP contribution in [0.15, 0.2) is 22.7 Å². The zero-order valence-corrected chi connectivity index (χ0v) is 11.3. The molecule has 1 saturated heterocycles. The lowest BCUT2D eigenvalue weighted by Crippen LogP contribution is -2.21. The van der Waals surface area contributed by atoms with Gasteiger partial charge >= 0.3 is 12.1 Å². The zero-order chi connectivity index (χ0) is 14.2. The second-order valence-corrected chi connectivity index (χ2v) is 5.30. The number of carboxylic acid groups (broad SMARTS) is 1. The van der Waals surface area contributed by atoms with Crippen LogP contribution in [0.2, 0.25) is 0 Å². The van der Waals surface area contributed by atoms with E-state index >= 15 is 0 Å². The van der Waals surface area contributed by atoms with Crippen LogP contribution in [0.1, 0.15) is 17.0 Å². The van der Waals surface area contributed by atoms with Crippen molar-refractivity contribution in [2.24, 2.45) is 5.92 Å². The molecule has 1 aromatic carbocycles. The molecule has 1 aliphatic rings. The van der Waals surface area contributed by atoms with Crippen LogP contribution in [0, 0.1) is 5.92 Å². The fraction of sp³-hybridized carbons (Fsp3) is 0.417. The maximum atomic E-state index is 12.8. The number of carboxylic acids is 1. The van der Waals surface area contributed by atoms with Crippen LogP contribution in [-0.2, 0) is 11.0 Å². The van der Waals surface area contributed by atoms with Crippen LogP contribution >= 0.6 is 15.9 Å². The van der Waals surface area contributed by atoms with E-state index in [4.69, 9.17) is 5.11 Å². The molecule has 0 amide bonds. The first-order chi connectivity index (χ1) is 8.80. The van der Waals surface area contributed by atoms with Gasteiger partial charge in [0.2, 0.25) is 0 Å². The van der Waals surface area contributed by atoms with Crippen LogP contribution < -0.4 is 5.32 Å². The summed E-state index contributed by atoms with van der Waals surface area (Å²) in [7, 11) is 0. The maximum Gasteiger partial charge on any atom is 0.417 e. The molecule has 0 saturated carbocycles. The Balaban J connectivity index is 2.38. The molecule has 0 radical (unpaired) electrons. The standard InChI is InChI=1S/C12H11BrF3NO2/c13-10-2-1-6(3-9(10)12(14,15)16)7-4-17-5-8(7)11(18)19/h1-3,7-8,17H,4-5H2,(H,18,19). The molecule has 0 bridgehead atoms. The monoisotopic (exact) mass is 337 g/mol. The van der Waals surface area contributed by atoms with Crippen molar-refractivity contribution in [1.82, 2.24) is 5.32 Å². The van der Waals surface area contributed by atoms with E-state index in [9.17, 15) is 18.0 Å². The van der Waals surface area contributed by atoms with Gasteiger partial charge in [-0.3, -0.25) is 4.79 Å². The summed E-state index contributed by atoms with van der Waals surface area (Å²) in [6.07, 6.45) is -4.46. The summed E-state index contributed by atoms with van der Waals surface area (Å²) in [6.45, 7) is 0.646. The van der Waals surface area contributed by atoms with E-state index in [1.165, 1.54) is 12.1 Å². The van der Waals surface area contributed by atoms with Gasteiger partial charge < -0.3 is 10.4 Å². The van der Waals surface area contributed by atoms with Crippen LogP contribution in [0.4, 0.5) is 13.2 Å². The Morgan fingerprint density at radius 2 is 2.05 bits per heavy atom. The third-order valence-electron chi connectivity index (χ3n) is 3.26. The first-order valence-electron chi connectivity index (χ1n) is 5.61. The van der Waals surface area contributed by atoms with Gasteiger partial charge in [-0.05, 0) is 17.7 Å². The number of carbonyl (C=O) groups is 1. The van der Waals surface area contributed by atoms with Gasteiger partial charge in [-0.15, -0.1) is 0 Å². The van der Waals surface area contributed by atoms with Crippen LogP contribution in [-0.4, -0.2) is 24.2 Å². The van der Waals surface area contributed by atoms with Crippen LogP contribution in [0.3, 0.4) is 0 Å².